The third-order valence-corrected chi connectivity index (χ3v) is 4.19. The fourth-order valence-corrected chi connectivity index (χ4v) is 2.76. The minimum Gasteiger partial charge on any atom is -0.444 e. The lowest BCUT2D eigenvalue weighted by atomic mass is 10.1. The van der Waals surface area contributed by atoms with Crippen molar-refractivity contribution in [1.29, 1.82) is 0 Å². The van der Waals surface area contributed by atoms with Gasteiger partial charge in [0.15, 0.2) is 0 Å². The Balaban J connectivity index is 2.53. The zero-order valence-corrected chi connectivity index (χ0v) is 21.0. The summed E-state index contributed by atoms with van der Waals surface area (Å²) in [6.45, 7) is 11.4. The minimum absolute atomic E-state index is 0.201. The molecule has 1 rings (SSSR count). The second-order valence-corrected chi connectivity index (χ2v) is 9.82. The van der Waals surface area contributed by atoms with Crippen LogP contribution in [-0.2, 0) is 9.47 Å². The minimum atomic E-state index is -0.638. The van der Waals surface area contributed by atoms with Gasteiger partial charge >= 0.3 is 18.2 Å². The summed E-state index contributed by atoms with van der Waals surface area (Å²) >= 11 is 0. The van der Waals surface area contributed by atoms with Gasteiger partial charge in [0.05, 0.1) is 0 Å². The Kier molecular flexibility index (Phi) is 11.2. The van der Waals surface area contributed by atoms with Gasteiger partial charge in [-0.05, 0) is 85.1 Å². The van der Waals surface area contributed by atoms with Gasteiger partial charge in [-0.15, -0.1) is 6.42 Å². The molecule has 0 saturated heterocycles. The lowest BCUT2D eigenvalue weighted by Gasteiger charge is -2.24. The van der Waals surface area contributed by atoms with Gasteiger partial charge in [0, 0.05) is 30.4 Å². The largest absolute Gasteiger partial charge is 0.444 e. The number of terminal acetylenes is 1. The van der Waals surface area contributed by atoms with E-state index in [1.165, 1.54) is 0 Å². The van der Waals surface area contributed by atoms with Gasteiger partial charge in [0.1, 0.15) is 11.2 Å². The Morgan fingerprint density at radius 3 is 2.06 bits per heavy atom. The van der Waals surface area contributed by atoms with Crippen LogP contribution in [-0.4, -0.2) is 48.6 Å². The van der Waals surface area contributed by atoms with Crippen molar-refractivity contribution in [3.05, 3.63) is 29.8 Å². The molecule has 4 N–H and O–H groups in total. The molecule has 1 aromatic carbocycles. The fraction of sp³-hybridized carbons (Fsp3) is 0.560. The molecule has 9 heteroatoms. The van der Waals surface area contributed by atoms with E-state index in [2.05, 4.69) is 27.2 Å². The number of ether oxygens (including phenoxy) is 2. The SMILES string of the molecule is C#Cc1ccc(NC(=O)NC[C@H](CCCCNC(=O)OC(C)(C)C)NC(=O)OC(C)(C)C)cc1. The predicted octanol–water partition coefficient (Wildman–Crippen LogP) is 4.38. The maximum atomic E-state index is 12.3. The second kappa shape index (κ2) is 13.3. The summed E-state index contributed by atoms with van der Waals surface area (Å²) in [6, 6.07) is 6.12. The van der Waals surface area contributed by atoms with E-state index in [0.717, 1.165) is 0 Å². The number of unbranched alkanes of at least 4 members (excludes halogenated alkanes) is 1. The van der Waals surface area contributed by atoms with E-state index in [-0.39, 0.29) is 12.6 Å². The fourth-order valence-electron chi connectivity index (χ4n) is 2.76. The van der Waals surface area contributed by atoms with Crippen molar-refractivity contribution in [2.24, 2.45) is 0 Å². The second-order valence-electron chi connectivity index (χ2n) is 9.82. The summed E-state index contributed by atoms with van der Waals surface area (Å²) in [4.78, 5) is 36.2. The number of benzene rings is 1. The Labute approximate surface area is 202 Å². The third-order valence-electron chi connectivity index (χ3n) is 4.19. The molecule has 0 bridgehead atoms. The zero-order valence-electron chi connectivity index (χ0n) is 21.0. The Morgan fingerprint density at radius 2 is 1.50 bits per heavy atom. The van der Waals surface area contributed by atoms with Gasteiger partial charge in [0.2, 0.25) is 0 Å². The highest BCUT2D eigenvalue weighted by Crippen LogP contribution is 2.10. The number of hydrogen-bond donors (Lipinski definition) is 4. The normalized spacial score (nSPS) is 12.0. The van der Waals surface area contributed by atoms with E-state index in [9.17, 15) is 14.4 Å². The average Bonchev–Trinajstić information content (AvgIpc) is 2.69. The van der Waals surface area contributed by atoms with Crippen LogP contribution in [0.25, 0.3) is 0 Å². The Morgan fingerprint density at radius 1 is 0.912 bits per heavy atom. The summed E-state index contributed by atoms with van der Waals surface area (Å²) in [5.41, 5.74) is 0.124. The summed E-state index contributed by atoms with van der Waals surface area (Å²) < 4.78 is 10.5. The molecule has 9 nitrogen and oxygen atoms in total. The molecule has 0 aliphatic carbocycles. The summed E-state index contributed by atoms with van der Waals surface area (Å²) in [7, 11) is 0. The molecule has 0 aliphatic rings. The highest BCUT2D eigenvalue weighted by Gasteiger charge is 2.20. The van der Waals surface area contributed by atoms with E-state index in [4.69, 9.17) is 15.9 Å². The van der Waals surface area contributed by atoms with Crippen LogP contribution in [0.15, 0.2) is 24.3 Å². The predicted molar refractivity (Wildman–Crippen MR) is 133 cm³/mol. The Hall–Kier alpha value is -3.41. The van der Waals surface area contributed by atoms with E-state index in [1.807, 2.05) is 0 Å². The van der Waals surface area contributed by atoms with Gasteiger partial charge < -0.3 is 30.7 Å². The molecule has 188 valence electrons. The molecule has 0 spiro atoms. The number of amides is 4. The number of nitrogens with one attached hydrogen (secondary N) is 4. The monoisotopic (exact) mass is 474 g/mol. The van der Waals surface area contributed by atoms with E-state index in [0.29, 0.717) is 37.1 Å². The van der Waals surface area contributed by atoms with Crippen LogP contribution in [0.3, 0.4) is 0 Å². The molecule has 0 saturated carbocycles. The molecule has 1 atom stereocenters. The van der Waals surface area contributed by atoms with Crippen LogP contribution in [0.5, 0.6) is 0 Å². The first-order valence-corrected chi connectivity index (χ1v) is 11.4. The summed E-state index contributed by atoms with van der Waals surface area (Å²) in [6.07, 6.45) is 6.27. The first kappa shape index (κ1) is 28.6. The molecule has 4 amide bonds. The van der Waals surface area contributed by atoms with Crippen LogP contribution in [0.2, 0.25) is 0 Å². The Bertz CT molecular complexity index is 848. The number of hydrogen-bond acceptors (Lipinski definition) is 5. The molecule has 34 heavy (non-hydrogen) atoms. The highest BCUT2D eigenvalue weighted by atomic mass is 16.6. The van der Waals surface area contributed by atoms with Gasteiger partial charge in [-0.2, -0.15) is 0 Å². The van der Waals surface area contributed by atoms with Gasteiger partial charge in [-0.1, -0.05) is 5.92 Å². The number of anilines is 1. The number of carbonyl (C=O) groups excluding carboxylic acids is 3. The van der Waals surface area contributed by atoms with Crippen molar-refractivity contribution in [3.8, 4) is 12.3 Å². The smallest absolute Gasteiger partial charge is 0.407 e. The highest BCUT2D eigenvalue weighted by molar-refractivity contribution is 5.89. The maximum Gasteiger partial charge on any atom is 0.407 e. The number of carbonyl (C=O) groups is 3. The molecular weight excluding hydrogens is 436 g/mol. The molecule has 0 heterocycles. The van der Waals surface area contributed by atoms with Crippen LogP contribution in [0.1, 0.15) is 66.4 Å². The standard InChI is InChI=1S/C25H38N4O5/c1-8-18-12-14-19(15-13-18)28-21(30)27-17-20(29-23(32)34-25(5,6)7)11-9-10-16-26-22(31)33-24(2,3)4/h1,12-15,20H,9-11,16-17H2,2-7H3,(H,26,31)(H,29,32)(H2,27,28,30)/t20-/m0/s1. The summed E-state index contributed by atoms with van der Waals surface area (Å²) in [5, 5.41) is 11.0. The maximum absolute atomic E-state index is 12.3. The molecule has 0 aromatic heterocycles. The number of urea groups is 1. The zero-order chi connectivity index (χ0) is 25.8. The summed E-state index contributed by atoms with van der Waals surface area (Å²) in [5.74, 6) is 2.52. The van der Waals surface area contributed by atoms with Crippen molar-refractivity contribution in [2.75, 3.05) is 18.4 Å². The van der Waals surface area contributed by atoms with Gasteiger partial charge in [-0.3, -0.25) is 0 Å². The van der Waals surface area contributed by atoms with E-state index < -0.39 is 29.4 Å². The molecule has 0 aliphatic heterocycles. The number of alkyl carbamates (subject to hydrolysis) is 2. The molecule has 0 fully saturated rings. The molecule has 0 radical (unpaired) electrons. The quantitative estimate of drug-likeness (QED) is 0.313. The van der Waals surface area contributed by atoms with Gasteiger partial charge in [-0.25, -0.2) is 14.4 Å². The first-order chi connectivity index (χ1) is 15.8. The van der Waals surface area contributed by atoms with Crippen LogP contribution < -0.4 is 21.3 Å². The van der Waals surface area contributed by atoms with Crippen molar-refractivity contribution in [3.63, 3.8) is 0 Å². The van der Waals surface area contributed by atoms with Crippen molar-refractivity contribution >= 4 is 23.9 Å². The molecule has 1 aromatic rings. The van der Waals surface area contributed by atoms with E-state index in [1.54, 1.807) is 65.8 Å². The van der Waals surface area contributed by atoms with Crippen molar-refractivity contribution in [1.82, 2.24) is 16.0 Å². The van der Waals surface area contributed by atoms with Crippen LogP contribution >= 0.6 is 0 Å². The van der Waals surface area contributed by atoms with Crippen LogP contribution in [0.4, 0.5) is 20.1 Å². The van der Waals surface area contributed by atoms with Crippen molar-refractivity contribution in [2.45, 2.75) is 78.0 Å². The van der Waals surface area contributed by atoms with Crippen LogP contribution in [0, 0.1) is 12.3 Å². The lowest BCUT2D eigenvalue weighted by Crippen LogP contribution is -2.46. The molecule has 0 unspecified atom stereocenters. The van der Waals surface area contributed by atoms with Gasteiger partial charge in [0.25, 0.3) is 0 Å². The lowest BCUT2D eigenvalue weighted by molar-refractivity contribution is 0.0499. The topological polar surface area (TPSA) is 118 Å². The third kappa shape index (κ3) is 13.9. The first-order valence-electron chi connectivity index (χ1n) is 11.4. The average molecular weight is 475 g/mol. The van der Waals surface area contributed by atoms with Crippen molar-refractivity contribution < 1.29 is 23.9 Å². The number of rotatable bonds is 9. The van der Waals surface area contributed by atoms with E-state index >= 15 is 0 Å². The molecular formula is C25H38N4O5.